The van der Waals surface area contributed by atoms with Crippen LogP contribution in [0.15, 0.2) is 35.3 Å². The van der Waals surface area contributed by atoms with Crippen LogP contribution in [0.4, 0.5) is 32.0 Å². The van der Waals surface area contributed by atoms with Crippen molar-refractivity contribution in [3.8, 4) is 0 Å². The van der Waals surface area contributed by atoms with Crippen LogP contribution in [0.2, 0.25) is 0 Å². The molecule has 124 valence electrons. The molecule has 4 nitrogen and oxygen atoms in total. The quantitative estimate of drug-likeness (QED) is 0.843. The Balaban J connectivity index is 2.18. The van der Waals surface area contributed by atoms with Crippen molar-refractivity contribution >= 4 is 5.69 Å². The molecule has 0 spiro atoms. The van der Waals surface area contributed by atoms with E-state index in [0.29, 0.717) is 6.07 Å². The third-order valence-corrected chi connectivity index (χ3v) is 2.92. The van der Waals surface area contributed by atoms with Gasteiger partial charge in [-0.3, -0.25) is 4.79 Å². The molecule has 2 rings (SSSR count). The number of H-pyrrole nitrogens is 1. The van der Waals surface area contributed by atoms with Crippen LogP contribution < -0.4 is 10.9 Å². The average molecular weight is 337 g/mol. The molecule has 0 saturated carbocycles. The molecule has 2 aromatic rings. The molecule has 0 saturated heterocycles. The summed E-state index contributed by atoms with van der Waals surface area (Å²) in [6, 6.07) is 2.58. The first-order valence-electron chi connectivity index (χ1n) is 6.13. The summed E-state index contributed by atoms with van der Waals surface area (Å²) in [6.07, 6.45) is -4.58. The molecule has 23 heavy (non-hydrogen) atoms. The zero-order valence-electron chi connectivity index (χ0n) is 11.2. The zero-order chi connectivity index (χ0) is 17.3. The smallest absolute Gasteiger partial charge is 0.379 e. The average Bonchev–Trinajstić information content (AvgIpc) is 2.44. The first kappa shape index (κ1) is 16.8. The standard InChI is InChI=1S/C13H9F6N3O/c14-10-3-8(12(15,16)13(17,18)19)2-1-7(10)5-20-9-4-11(23)22-21-6-9/h1-4,6H,5H2,(H2,20,22,23). The Morgan fingerprint density at radius 2 is 1.83 bits per heavy atom. The van der Waals surface area contributed by atoms with Gasteiger partial charge in [0.15, 0.2) is 0 Å². The maximum Gasteiger partial charge on any atom is 0.458 e. The lowest BCUT2D eigenvalue weighted by molar-refractivity contribution is -0.289. The number of rotatable bonds is 4. The van der Waals surface area contributed by atoms with Crippen molar-refractivity contribution in [3.05, 3.63) is 57.8 Å². The van der Waals surface area contributed by atoms with E-state index in [9.17, 15) is 31.1 Å². The summed E-state index contributed by atoms with van der Waals surface area (Å²) in [5.41, 5.74) is -1.91. The summed E-state index contributed by atoms with van der Waals surface area (Å²) in [5.74, 6) is -6.37. The van der Waals surface area contributed by atoms with Gasteiger partial charge in [0, 0.05) is 23.7 Å². The fourth-order valence-electron chi connectivity index (χ4n) is 1.72. The maximum atomic E-state index is 13.7. The molecule has 0 bridgehead atoms. The minimum atomic E-state index is -5.81. The number of nitrogens with one attached hydrogen (secondary N) is 2. The Hall–Kier alpha value is -2.52. The van der Waals surface area contributed by atoms with Crippen molar-refractivity contribution in [2.75, 3.05) is 5.32 Å². The minimum Gasteiger partial charge on any atom is -0.379 e. The number of aromatic amines is 1. The second-order valence-corrected chi connectivity index (χ2v) is 4.57. The molecular weight excluding hydrogens is 328 g/mol. The molecule has 0 amide bonds. The highest BCUT2D eigenvalue weighted by atomic mass is 19.4. The van der Waals surface area contributed by atoms with Crippen molar-refractivity contribution < 1.29 is 26.3 Å². The summed E-state index contributed by atoms with van der Waals surface area (Å²) in [7, 11) is 0. The van der Waals surface area contributed by atoms with Crippen molar-refractivity contribution in [3.63, 3.8) is 0 Å². The van der Waals surface area contributed by atoms with Gasteiger partial charge >= 0.3 is 12.1 Å². The topological polar surface area (TPSA) is 57.8 Å². The number of aromatic nitrogens is 2. The second-order valence-electron chi connectivity index (χ2n) is 4.57. The Bertz CT molecular complexity index is 756. The molecule has 1 aromatic carbocycles. The summed E-state index contributed by atoms with van der Waals surface area (Å²) in [4.78, 5) is 11.0. The van der Waals surface area contributed by atoms with E-state index in [1.807, 2.05) is 0 Å². The first-order valence-corrected chi connectivity index (χ1v) is 6.13. The first-order chi connectivity index (χ1) is 10.6. The van der Waals surface area contributed by atoms with Crippen LogP contribution in [-0.4, -0.2) is 16.4 Å². The SMILES string of the molecule is O=c1cc(NCc2ccc(C(F)(F)C(F)(F)F)cc2F)cn[nH]1. The predicted molar refractivity (Wildman–Crippen MR) is 68.5 cm³/mol. The highest BCUT2D eigenvalue weighted by Gasteiger charge is 2.58. The molecule has 0 unspecified atom stereocenters. The van der Waals surface area contributed by atoms with Crippen LogP contribution in [0.5, 0.6) is 0 Å². The van der Waals surface area contributed by atoms with Crippen LogP contribution in [0, 0.1) is 5.82 Å². The van der Waals surface area contributed by atoms with E-state index in [4.69, 9.17) is 0 Å². The Morgan fingerprint density at radius 3 is 2.39 bits per heavy atom. The van der Waals surface area contributed by atoms with Crippen LogP contribution in [0.1, 0.15) is 11.1 Å². The van der Waals surface area contributed by atoms with Crippen LogP contribution >= 0.6 is 0 Å². The van der Waals surface area contributed by atoms with Crippen LogP contribution in [0.3, 0.4) is 0 Å². The van der Waals surface area contributed by atoms with E-state index >= 15 is 0 Å². The largest absolute Gasteiger partial charge is 0.458 e. The molecule has 0 atom stereocenters. The summed E-state index contributed by atoms with van der Waals surface area (Å²) in [6.45, 7) is -0.227. The van der Waals surface area contributed by atoms with E-state index in [1.165, 1.54) is 6.20 Å². The number of nitrogens with zero attached hydrogens (tertiary/aromatic N) is 1. The Morgan fingerprint density at radius 1 is 1.13 bits per heavy atom. The number of hydrogen-bond acceptors (Lipinski definition) is 3. The lowest BCUT2D eigenvalue weighted by atomic mass is 10.0. The predicted octanol–water partition coefficient (Wildman–Crippen LogP) is 3.18. The molecule has 2 N–H and O–H groups in total. The summed E-state index contributed by atoms with van der Waals surface area (Å²) < 4.78 is 76.7. The maximum absolute atomic E-state index is 13.7. The van der Waals surface area contributed by atoms with Crippen molar-refractivity contribution in [1.29, 1.82) is 0 Å². The third-order valence-electron chi connectivity index (χ3n) is 2.92. The minimum absolute atomic E-state index is 0.139. The van der Waals surface area contributed by atoms with Gasteiger partial charge in [0.1, 0.15) is 5.82 Å². The van der Waals surface area contributed by atoms with Crippen LogP contribution in [0.25, 0.3) is 0 Å². The lowest BCUT2D eigenvalue weighted by Gasteiger charge is -2.20. The molecule has 10 heteroatoms. The highest BCUT2D eigenvalue weighted by molar-refractivity contribution is 5.40. The van der Waals surface area contributed by atoms with Gasteiger partial charge in [-0.25, -0.2) is 9.49 Å². The van der Waals surface area contributed by atoms with E-state index in [-0.39, 0.29) is 23.9 Å². The van der Waals surface area contributed by atoms with Gasteiger partial charge in [0.2, 0.25) is 0 Å². The van der Waals surface area contributed by atoms with Gasteiger partial charge in [-0.15, -0.1) is 0 Å². The number of hydrogen-bond donors (Lipinski definition) is 2. The molecule has 0 fully saturated rings. The molecule has 0 aliphatic carbocycles. The Kier molecular flexibility index (Phi) is 4.35. The van der Waals surface area contributed by atoms with E-state index in [1.54, 1.807) is 0 Å². The highest BCUT2D eigenvalue weighted by Crippen LogP contribution is 2.44. The monoisotopic (exact) mass is 337 g/mol. The third kappa shape index (κ3) is 3.63. The van der Waals surface area contributed by atoms with Crippen molar-refractivity contribution in [2.45, 2.75) is 18.6 Å². The zero-order valence-corrected chi connectivity index (χ0v) is 11.2. The number of alkyl halides is 5. The molecule has 1 aromatic heterocycles. The van der Waals surface area contributed by atoms with Gasteiger partial charge in [-0.05, 0) is 6.07 Å². The fraction of sp³-hybridized carbons (Fsp3) is 0.231. The molecule has 0 aliphatic heterocycles. The van der Waals surface area contributed by atoms with Crippen molar-refractivity contribution in [2.24, 2.45) is 0 Å². The number of halogens is 6. The van der Waals surface area contributed by atoms with E-state index in [0.717, 1.165) is 12.1 Å². The Labute approximate surface area is 125 Å². The normalized spacial score (nSPS) is 12.3. The summed E-state index contributed by atoms with van der Waals surface area (Å²) >= 11 is 0. The molecule has 0 radical (unpaired) electrons. The van der Waals surface area contributed by atoms with Gasteiger partial charge < -0.3 is 5.32 Å². The second kappa shape index (κ2) is 5.94. The number of anilines is 1. The summed E-state index contributed by atoms with van der Waals surface area (Å²) in [5, 5.41) is 8.18. The number of benzene rings is 1. The molecule has 0 aliphatic rings. The van der Waals surface area contributed by atoms with Gasteiger partial charge in [0.25, 0.3) is 5.56 Å². The van der Waals surface area contributed by atoms with E-state index < -0.39 is 29.0 Å². The molecular formula is C13H9F6N3O. The fourth-order valence-corrected chi connectivity index (χ4v) is 1.72. The van der Waals surface area contributed by atoms with Gasteiger partial charge in [-0.2, -0.15) is 27.1 Å². The molecule has 1 heterocycles. The van der Waals surface area contributed by atoms with Crippen molar-refractivity contribution in [1.82, 2.24) is 10.2 Å². The van der Waals surface area contributed by atoms with Gasteiger partial charge in [0.05, 0.1) is 11.9 Å². The lowest BCUT2D eigenvalue weighted by Crippen LogP contribution is -2.33. The van der Waals surface area contributed by atoms with Gasteiger partial charge in [-0.1, -0.05) is 12.1 Å². The van der Waals surface area contributed by atoms with Crippen LogP contribution in [-0.2, 0) is 12.5 Å². The van der Waals surface area contributed by atoms with E-state index in [2.05, 4.69) is 15.5 Å².